The minimum absolute atomic E-state index is 0.0348. The summed E-state index contributed by atoms with van der Waals surface area (Å²) < 4.78 is 6.00. The SMILES string of the molecule is CNC(=O)C12CCCCN(C(=O)c3cc(C)[nH]n3)CCOc3ccccc3C(=O)N(CC1)CC2. The standard InChI is InChI=1S/C25H33N5O4/c1-18-17-20(28-27-18)23(32)29-12-6-5-9-25(24(33)26-2)10-13-30(14-11-25)22(31)19-7-3-4-8-21(19)34-16-15-29/h3-4,7-8,17H,5-6,9-16H2,1-2H3,(H,26,33)(H,27,28). The molecule has 4 heterocycles. The number of carbonyl (C=O) groups excluding carboxylic acids is 3. The third kappa shape index (κ3) is 4.93. The van der Waals surface area contributed by atoms with Crippen molar-refractivity contribution >= 4 is 17.7 Å². The summed E-state index contributed by atoms with van der Waals surface area (Å²) in [5, 5.41) is 9.78. The van der Waals surface area contributed by atoms with Crippen molar-refractivity contribution in [3.63, 3.8) is 0 Å². The lowest BCUT2D eigenvalue weighted by molar-refractivity contribution is -0.133. The number of carbonyl (C=O) groups is 3. The molecule has 9 heteroatoms. The molecule has 0 saturated carbocycles. The highest BCUT2D eigenvalue weighted by molar-refractivity contribution is 5.97. The molecule has 2 N–H and O–H groups in total. The van der Waals surface area contributed by atoms with Crippen LogP contribution in [0.5, 0.6) is 5.75 Å². The van der Waals surface area contributed by atoms with E-state index < -0.39 is 5.41 Å². The number of ether oxygens (including phenoxy) is 1. The van der Waals surface area contributed by atoms with Crippen molar-refractivity contribution in [2.24, 2.45) is 5.41 Å². The van der Waals surface area contributed by atoms with Crippen molar-refractivity contribution in [1.29, 1.82) is 0 Å². The number of hydrogen-bond donors (Lipinski definition) is 2. The third-order valence-electron chi connectivity index (χ3n) is 7.00. The van der Waals surface area contributed by atoms with Gasteiger partial charge in [0.25, 0.3) is 11.8 Å². The molecule has 0 unspecified atom stereocenters. The minimum Gasteiger partial charge on any atom is -0.491 e. The fourth-order valence-corrected chi connectivity index (χ4v) is 4.97. The number of fused-ring (bicyclic) bond motifs is 9. The highest BCUT2D eigenvalue weighted by atomic mass is 16.5. The second-order valence-electron chi connectivity index (χ2n) is 9.18. The summed E-state index contributed by atoms with van der Waals surface area (Å²) in [5.41, 5.74) is 1.21. The molecule has 1 aromatic carbocycles. The first kappa shape index (κ1) is 23.8. The molecule has 1 aromatic heterocycles. The molecule has 0 radical (unpaired) electrons. The number of aromatic nitrogens is 2. The Kier molecular flexibility index (Phi) is 7.19. The largest absolute Gasteiger partial charge is 0.491 e. The predicted octanol–water partition coefficient (Wildman–Crippen LogP) is 2.39. The van der Waals surface area contributed by atoms with Gasteiger partial charge in [0.2, 0.25) is 5.91 Å². The lowest BCUT2D eigenvalue weighted by Gasteiger charge is -2.40. The zero-order valence-corrected chi connectivity index (χ0v) is 19.9. The Morgan fingerprint density at radius 2 is 1.85 bits per heavy atom. The smallest absolute Gasteiger partial charge is 0.274 e. The lowest BCUT2D eigenvalue weighted by atomic mass is 9.73. The Bertz CT molecular complexity index is 1040. The lowest BCUT2D eigenvalue weighted by Crippen LogP contribution is -2.49. The van der Waals surface area contributed by atoms with Crippen molar-refractivity contribution in [1.82, 2.24) is 25.3 Å². The molecule has 3 aliphatic heterocycles. The Morgan fingerprint density at radius 3 is 2.56 bits per heavy atom. The van der Waals surface area contributed by atoms with Gasteiger partial charge >= 0.3 is 0 Å². The van der Waals surface area contributed by atoms with Crippen LogP contribution in [-0.2, 0) is 4.79 Å². The van der Waals surface area contributed by atoms with Crippen molar-refractivity contribution < 1.29 is 19.1 Å². The van der Waals surface area contributed by atoms with Crippen LogP contribution in [0.3, 0.4) is 0 Å². The summed E-state index contributed by atoms with van der Waals surface area (Å²) >= 11 is 0. The summed E-state index contributed by atoms with van der Waals surface area (Å²) in [4.78, 5) is 42.8. The van der Waals surface area contributed by atoms with Gasteiger partial charge in [-0.05, 0) is 50.8 Å². The van der Waals surface area contributed by atoms with Gasteiger partial charge in [0.1, 0.15) is 18.1 Å². The summed E-state index contributed by atoms with van der Waals surface area (Å²) in [6.07, 6.45) is 3.55. The second-order valence-corrected chi connectivity index (χ2v) is 9.18. The normalized spacial score (nSPS) is 18.9. The van der Waals surface area contributed by atoms with E-state index >= 15 is 0 Å². The second kappa shape index (κ2) is 10.3. The zero-order chi connectivity index (χ0) is 24.1. The molecule has 9 nitrogen and oxygen atoms in total. The van der Waals surface area contributed by atoms with E-state index in [1.54, 1.807) is 30.1 Å². The van der Waals surface area contributed by atoms with Gasteiger partial charge in [-0.25, -0.2) is 0 Å². The number of hydrogen-bond acceptors (Lipinski definition) is 5. The van der Waals surface area contributed by atoms with Crippen molar-refractivity contribution in [2.45, 2.75) is 39.0 Å². The molecule has 3 amide bonds. The molecule has 2 aromatic rings. The first-order valence-electron chi connectivity index (χ1n) is 12.0. The third-order valence-corrected chi connectivity index (χ3v) is 7.00. The number of nitrogens with one attached hydrogen (secondary N) is 2. The first-order valence-corrected chi connectivity index (χ1v) is 12.0. The predicted molar refractivity (Wildman–Crippen MR) is 127 cm³/mol. The number of aromatic amines is 1. The summed E-state index contributed by atoms with van der Waals surface area (Å²) in [6.45, 7) is 4.10. The molecular weight excluding hydrogens is 434 g/mol. The van der Waals surface area contributed by atoms with Crippen LogP contribution < -0.4 is 10.1 Å². The Balaban J connectivity index is 1.60. The van der Waals surface area contributed by atoms with Crippen LogP contribution in [-0.4, -0.2) is 77.6 Å². The van der Waals surface area contributed by atoms with E-state index in [0.717, 1.165) is 25.0 Å². The van der Waals surface area contributed by atoms with Crippen LogP contribution >= 0.6 is 0 Å². The van der Waals surface area contributed by atoms with Crippen LogP contribution in [0.1, 0.15) is 58.6 Å². The average Bonchev–Trinajstić information content (AvgIpc) is 3.30. The first-order chi connectivity index (χ1) is 16.4. The van der Waals surface area contributed by atoms with Gasteiger partial charge in [-0.15, -0.1) is 0 Å². The van der Waals surface area contributed by atoms with Gasteiger partial charge in [0, 0.05) is 32.4 Å². The highest BCUT2D eigenvalue weighted by Crippen LogP contribution is 2.38. The van der Waals surface area contributed by atoms with Crippen molar-refractivity contribution in [3.8, 4) is 5.75 Å². The maximum atomic E-state index is 13.3. The van der Waals surface area contributed by atoms with Crippen LogP contribution in [0.25, 0.3) is 0 Å². The Labute approximate surface area is 199 Å². The van der Waals surface area contributed by atoms with E-state index in [0.29, 0.717) is 56.0 Å². The monoisotopic (exact) mass is 467 g/mol. The molecule has 3 aliphatic rings. The summed E-state index contributed by atoms with van der Waals surface area (Å²) in [6, 6.07) is 8.95. The molecule has 1 saturated heterocycles. The maximum absolute atomic E-state index is 13.3. The topological polar surface area (TPSA) is 108 Å². The van der Waals surface area contributed by atoms with Gasteiger partial charge in [-0.1, -0.05) is 18.6 Å². The quantitative estimate of drug-likeness (QED) is 0.705. The molecule has 2 bridgehead atoms. The number of para-hydroxylation sites is 1. The van der Waals surface area contributed by atoms with E-state index in [2.05, 4.69) is 15.5 Å². The van der Waals surface area contributed by atoms with E-state index in [9.17, 15) is 14.4 Å². The number of benzene rings is 1. The van der Waals surface area contributed by atoms with Crippen LogP contribution in [0.4, 0.5) is 0 Å². The number of rotatable bonds is 2. The van der Waals surface area contributed by atoms with E-state index in [1.807, 2.05) is 24.0 Å². The van der Waals surface area contributed by atoms with Gasteiger partial charge in [0.05, 0.1) is 17.5 Å². The molecule has 0 aliphatic carbocycles. The van der Waals surface area contributed by atoms with Crippen molar-refractivity contribution in [2.75, 3.05) is 39.8 Å². The molecule has 0 atom stereocenters. The van der Waals surface area contributed by atoms with Crippen LogP contribution in [0.2, 0.25) is 0 Å². The fourth-order valence-electron chi connectivity index (χ4n) is 4.97. The Hall–Kier alpha value is -3.36. The van der Waals surface area contributed by atoms with E-state index in [4.69, 9.17) is 4.74 Å². The number of H-pyrrole nitrogens is 1. The molecule has 0 spiro atoms. The number of amides is 3. The van der Waals surface area contributed by atoms with Crippen LogP contribution in [0.15, 0.2) is 30.3 Å². The molecule has 5 rings (SSSR count). The van der Waals surface area contributed by atoms with Crippen molar-refractivity contribution in [3.05, 3.63) is 47.3 Å². The summed E-state index contributed by atoms with van der Waals surface area (Å²) in [7, 11) is 1.67. The van der Waals surface area contributed by atoms with E-state index in [1.165, 1.54) is 0 Å². The zero-order valence-electron chi connectivity index (χ0n) is 19.9. The maximum Gasteiger partial charge on any atom is 0.274 e. The number of aryl methyl sites for hydroxylation is 1. The van der Waals surface area contributed by atoms with E-state index in [-0.39, 0.29) is 24.3 Å². The molecule has 34 heavy (non-hydrogen) atoms. The summed E-state index contributed by atoms with van der Waals surface area (Å²) in [5.74, 6) is 0.298. The van der Waals surface area contributed by atoms with Gasteiger partial charge < -0.3 is 19.9 Å². The molecule has 1 fully saturated rings. The number of nitrogens with zero attached hydrogens (tertiary/aromatic N) is 3. The average molecular weight is 468 g/mol. The fraction of sp³-hybridized carbons (Fsp3) is 0.520. The van der Waals surface area contributed by atoms with Crippen LogP contribution in [0, 0.1) is 12.3 Å². The van der Waals surface area contributed by atoms with Gasteiger partial charge in [-0.3, -0.25) is 19.5 Å². The minimum atomic E-state index is -0.490. The molecule has 182 valence electrons. The number of piperidine rings is 1. The van der Waals surface area contributed by atoms with Gasteiger partial charge in [0.15, 0.2) is 0 Å². The molecular formula is C25H33N5O4. The Morgan fingerprint density at radius 1 is 1.09 bits per heavy atom. The van der Waals surface area contributed by atoms with Gasteiger partial charge in [-0.2, -0.15) is 5.10 Å². The highest BCUT2D eigenvalue weighted by Gasteiger charge is 2.41.